The van der Waals surface area contributed by atoms with Crippen LogP contribution in [0.4, 0.5) is 4.79 Å². The Bertz CT molecular complexity index is 625. The Hall–Kier alpha value is -2.41. The molecular formula is C14H14N4O2S. The van der Waals surface area contributed by atoms with Gasteiger partial charge in [0.05, 0.1) is 5.57 Å². The summed E-state index contributed by atoms with van der Waals surface area (Å²) in [6, 6.07) is 3.11. The average Bonchev–Trinajstić information content (AvgIpc) is 2.83. The quantitative estimate of drug-likeness (QED) is 0.684. The van der Waals surface area contributed by atoms with Gasteiger partial charge in [-0.3, -0.25) is 14.8 Å². The van der Waals surface area contributed by atoms with Gasteiger partial charge in [-0.2, -0.15) is 4.31 Å². The summed E-state index contributed by atoms with van der Waals surface area (Å²) in [5.74, 6) is -0.396. The third-order valence-electron chi connectivity index (χ3n) is 2.69. The molecule has 3 amide bonds. The predicted molar refractivity (Wildman–Crippen MR) is 82.5 cm³/mol. The van der Waals surface area contributed by atoms with Crippen molar-refractivity contribution < 1.29 is 9.59 Å². The van der Waals surface area contributed by atoms with Crippen LogP contribution >= 0.6 is 11.9 Å². The molecule has 1 saturated heterocycles. The first-order valence-electron chi connectivity index (χ1n) is 6.16. The van der Waals surface area contributed by atoms with Gasteiger partial charge in [0.2, 0.25) is 0 Å². The highest BCUT2D eigenvalue weighted by Gasteiger charge is 2.36. The third-order valence-corrected chi connectivity index (χ3v) is 3.78. The van der Waals surface area contributed by atoms with Crippen molar-refractivity contribution in [3.8, 4) is 0 Å². The summed E-state index contributed by atoms with van der Waals surface area (Å²) >= 11 is 1.00. The van der Waals surface area contributed by atoms with Crippen LogP contribution in [0.25, 0.3) is 0 Å². The van der Waals surface area contributed by atoms with Gasteiger partial charge in [0.1, 0.15) is 5.04 Å². The second kappa shape index (κ2) is 6.85. The third kappa shape index (κ3) is 3.38. The zero-order valence-corrected chi connectivity index (χ0v) is 12.3. The summed E-state index contributed by atoms with van der Waals surface area (Å²) in [4.78, 5) is 32.1. The Balaban J connectivity index is 2.05. The minimum atomic E-state index is -0.476. The summed E-state index contributed by atoms with van der Waals surface area (Å²) in [6.45, 7) is 3.88. The second-order valence-corrected chi connectivity index (χ2v) is 4.98. The molecule has 0 aliphatic carbocycles. The van der Waals surface area contributed by atoms with E-state index in [4.69, 9.17) is 0 Å². The van der Waals surface area contributed by atoms with Crippen LogP contribution in [0, 0.1) is 0 Å². The fourth-order valence-electron chi connectivity index (χ4n) is 1.68. The normalized spacial score (nSPS) is 18.3. The number of hydrogen-bond acceptors (Lipinski definition) is 5. The first kappa shape index (κ1) is 15.0. The predicted octanol–water partition coefficient (Wildman–Crippen LogP) is 1.92. The Kier molecular flexibility index (Phi) is 4.89. The van der Waals surface area contributed by atoms with Gasteiger partial charge in [0, 0.05) is 37.9 Å². The van der Waals surface area contributed by atoms with Crippen molar-refractivity contribution in [2.24, 2.45) is 4.99 Å². The Morgan fingerprint density at radius 1 is 1.52 bits per heavy atom. The number of carbonyl (C=O) groups is 2. The zero-order chi connectivity index (χ0) is 15.2. The van der Waals surface area contributed by atoms with Crippen LogP contribution in [-0.2, 0) is 11.3 Å². The molecule has 0 spiro atoms. The number of carbonyl (C=O) groups excluding carboxylic acids is 2. The van der Waals surface area contributed by atoms with E-state index in [-0.39, 0.29) is 0 Å². The monoisotopic (exact) mass is 302 g/mol. The molecule has 0 radical (unpaired) electrons. The number of hydrogen-bond donors (Lipinski definition) is 1. The molecule has 1 aliphatic heterocycles. The molecule has 0 aromatic carbocycles. The van der Waals surface area contributed by atoms with Gasteiger partial charge in [-0.1, -0.05) is 12.7 Å². The standard InChI is InChI=1S/C14H14N4O2S/c1-3-4-11-12(15-2)21-18(13(11)19)14(20)17-9-10-5-7-16-8-6-10/h3-8H,1,9H2,2H3,(H,17,20)/b11-4+,15-12?. The van der Waals surface area contributed by atoms with E-state index in [1.165, 1.54) is 6.08 Å². The summed E-state index contributed by atoms with van der Waals surface area (Å²) in [7, 11) is 1.57. The van der Waals surface area contributed by atoms with Crippen LogP contribution < -0.4 is 5.32 Å². The molecule has 0 bridgehead atoms. The second-order valence-electron chi connectivity index (χ2n) is 4.05. The van der Waals surface area contributed by atoms with Crippen molar-refractivity contribution in [1.82, 2.24) is 14.6 Å². The lowest BCUT2D eigenvalue weighted by molar-refractivity contribution is -0.119. The number of imide groups is 1. The molecule has 2 heterocycles. The SMILES string of the molecule is C=C/C=C1/C(=O)N(C(=O)NCc2ccncc2)SC1=NC. The number of amides is 3. The molecule has 2 rings (SSSR count). The van der Waals surface area contributed by atoms with E-state index in [0.717, 1.165) is 21.8 Å². The van der Waals surface area contributed by atoms with E-state index < -0.39 is 11.9 Å². The number of nitrogens with one attached hydrogen (secondary N) is 1. The maximum atomic E-state index is 12.2. The average molecular weight is 302 g/mol. The smallest absolute Gasteiger partial charge is 0.333 e. The molecule has 21 heavy (non-hydrogen) atoms. The first-order valence-corrected chi connectivity index (χ1v) is 6.93. The minimum absolute atomic E-state index is 0.324. The van der Waals surface area contributed by atoms with E-state index >= 15 is 0 Å². The van der Waals surface area contributed by atoms with Crippen LogP contribution in [0.2, 0.25) is 0 Å². The highest BCUT2D eigenvalue weighted by molar-refractivity contribution is 8.14. The topological polar surface area (TPSA) is 74.7 Å². The van der Waals surface area contributed by atoms with Gasteiger partial charge in [0.15, 0.2) is 0 Å². The number of nitrogens with zero attached hydrogens (tertiary/aromatic N) is 3. The van der Waals surface area contributed by atoms with E-state index in [9.17, 15) is 9.59 Å². The van der Waals surface area contributed by atoms with Crippen LogP contribution in [0.5, 0.6) is 0 Å². The van der Waals surface area contributed by atoms with Crippen molar-refractivity contribution >= 4 is 28.9 Å². The first-order chi connectivity index (χ1) is 10.2. The van der Waals surface area contributed by atoms with Crippen molar-refractivity contribution in [3.63, 3.8) is 0 Å². The summed E-state index contributed by atoms with van der Waals surface area (Å²) in [5.41, 5.74) is 1.28. The zero-order valence-electron chi connectivity index (χ0n) is 11.4. The molecule has 1 aromatic heterocycles. The van der Waals surface area contributed by atoms with Crippen LogP contribution in [0.15, 0.2) is 53.8 Å². The molecule has 108 valence electrons. The number of aromatic nitrogens is 1. The van der Waals surface area contributed by atoms with Gasteiger partial charge in [-0.25, -0.2) is 4.79 Å². The fraction of sp³-hybridized carbons (Fsp3) is 0.143. The van der Waals surface area contributed by atoms with Gasteiger partial charge < -0.3 is 5.32 Å². The molecule has 1 N–H and O–H groups in total. The molecule has 0 saturated carbocycles. The Morgan fingerprint density at radius 2 is 2.24 bits per heavy atom. The van der Waals surface area contributed by atoms with E-state index in [1.807, 2.05) is 0 Å². The highest BCUT2D eigenvalue weighted by Crippen LogP contribution is 2.29. The number of aliphatic imine (C=N–C) groups is 1. The maximum absolute atomic E-state index is 12.2. The molecular weight excluding hydrogens is 288 g/mol. The van der Waals surface area contributed by atoms with Crippen LogP contribution in [0.3, 0.4) is 0 Å². The van der Waals surface area contributed by atoms with Gasteiger partial charge in [-0.15, -0.1) is 0 Å². The van der Waals surface area contributed by atoms with Crippen molar-refractivity contribution in [3.05, 3.63) is 54.4 Å². The largest absolute Gasteiger partial charge is 0.335 e. The van der Waals surface area contributed by atoms with E-state index in [0.29, 0.717) is 17.2 Å². The van der Waals surface area contributed by atoms with Gasteiger partial charge in [-0.05, 0) is 23.8 Å². The molecule has 0 atom stereocenters. The number of urea groups is 1. The molecule has 6 nitrogen and oxygen atoms in total. The van der Waals surface area contributed by atoms with Gasteiger partial charge >= 0.3 is 6.03 Å². The number of pyridine rings is 1. The summed E-state index contributed by atoms with van der Waals surface area (Å²) in [6.07, 6.45) is 6.33. The molecule has 0 unspecified atom stereocenters. The van der Waals surface area contributed by atoms with Crippen LogP contribution in [0.1, 0.15) is 5.56 Å². The fourth-order valence-corrected chi connectivity index (χ4v) is 2.52. The van der Waals surface area contributed by atoms with Gasteiger partial charge in [0.25, 0.3) is 5.91 Å². The van der Waals surface area contributed by atoms with Crippen molar-refractivity contribution in [1.29, 1.82) is 0 Å². The van der Waals surface area contributed by atoms with E-state index in [1.54, 1.807) is 37.7 Å². The lowest BCUT2D eigenvalue weighted by Gasteiger charge is -2.12. The van der Waals surface area contributed by atoms with Crippen molar-refractivity contribution in [2.75, 3.05) is 7.05 Å². The minimum Gasteiger partial charge on any atom is -0.333 e. The lowest BCUT2D eigenvalue weighted by Crippen LogP contribution is -2.36. The lowest BCUT2D eigenvalue weighted by atomic mass is 10.2. The number of rotatable bonds is 3. The Morgan fingerprint density at radius 3 is 2.86 bits per heavy atom. The molecule has 1 fully saturated rings. The highest BCUT2D eigenvalue weighted by atomic mass is 32.2. The van der Waals surface area contributed by atoms with E-state index in [2.05, 4.69) is 21.9 Å². The number of allylic oxidation sites excluding steroid dienone is 2. The molecule has 7 heteroatoms. The maximum Gasteiger partial charge on any atom is 0.335 e. The molecule has 1 aromatic rings. The van der Waals surface area contributed by atoms with Crippen molar-refractivity contribution in [2.45, 2.75) is 6.54 Å². The summed E-state index contributed by atoms with van der Waals surface area (Å²) in [5, 5.41) is 3.19. The molecule has 1 aliphatic rings. The summed E-state index contributed by atoms with van der Waals surface area (Å²) < 4.78 is 1.05. The van der Waals surface area contributed by atoms with Crippen LogP contribution in [-0.4, -0.2) is 33.3 Å². The Labute approximate surface area is 126 Å².